The molecule has 0 aliphatic rings. The van der Waals surface area contributed by atoms with Gasteiger partial charge in [-0.25, -0.2) is 0 Å². The average Bonchev–Trinajstić information content (AvgIpc) is 2.82. The Labute approximate surface area is 111 Å². The number of aromatic hydroxyl groups is 1. The summed E-state index contributed by atoms with van der Waals surface area (Å²) >= 11 is 0. The summed E-state index contributed by atoms with van der Waals surface area (Å²) in [5.41, 5.74) is 3.40. The molecule has 0 aliphatic carbocycles. The lowest BCUT2D eigenvalue weighted by molar-refractivity contribution is 0.428. The van der Waals surface area contributed by atoms with Crippen molar-refractivity contribution in [3.05, 3.63) is 60.2 Å². The van der Waals surface area contributed by atoms with Crippen molar-refractivity contribution in [2.45, 2.75) is 6.92 Å². The van der Waals surface area contributed by atoms with Gasteiger partial charge in [-0.1, -0.05) is 47.6 Å². The lowest BCUT2D eigenvalue weighted by Crippen LogP contribution is -1.82. The number of phenols is 1. The summed E-state index contributed by atoms with van der Waals surface area (Å²) < 4.78 is 5.41. The Morgan fingerprint density at radius 2 is 1.63 bits per heavy atom. The average molecular weight is 251 g/mol. The Morgan fingerprint density at radius 3 is 2.37 bits per heavy atom. The quantitative estimate of drug-likeness (QED) is 0.748. The van der Waals surface area contributed by atoms with Crippen molar-refractivity contribution < 1.29 is 9.63 Å². The summed E-state index contributed by atoms with van der Waals surface area (Å²) in [5, 5.41) is 14.0. The molecule has 1 aromatic heterocycles. The highest BCUT2D eigenvalue weighted by atomic mass is 16.5. The van der Waals surface area contributed by atoms with E-state index in [9.17, 15) is 5.11 Å². The maximum absolute atomic E-state index is 9.88. The van der Waals surface area contributed by atoms with E-state index in [0.717, 1.165) is 16.8 Å². The molecule has 0 radical (unpaired) electrons. The molecule has 3 heteroatoms. The van der Waals surface area contributed by atoms with Gasteiger partial charge in [0.05, 0.1) is 5.56 Å². The second kappa shape index (κ2) is 4.61. The summed E-state index contributed by atoms with van der Waals surface area (Å²) in [6.45, 7) is 1.95. The molecule has 0 atom stereocenters. The predicted molar refractivity (Wildman–Crippen MR) is 73.8 cm³/mol. The number of rotatable bonds is 2. The smallest absolute Gasteiger partial charge is 0.174 e. The number of nitrogens with zero attached hydrogens (tertiary/aromatic N) is 1. The first-order valence-corrected chi connectivity index (χ1v) is 6.07. The number of hydrogen-bond acceptors (Lipinski definition) is 3. The van der Waals surface area contributed by atoms with Crippen LogP contribution in [0.2, 0.25) is 0 Å². The van der Waals surface area contributed by atoms with Gasteiger partial charge in [-0.2, -0.15) is 0 Å². The molecule has 0 aliphatic heterocycles. The maximum atomic E-state index is 9.88. The largest absolute Gasteiger partial charge is 0.507 e. The van der Waals surface area contributed by atoms with Crippen LogP contribution in [0, 0.1) is 6.92 Å². The number of phenolic OH excluding ortho intramolecular Hbond substituents is 1. The van der Waals surface area contributed by atoms with Gasteiger partial charge in [0.15, 0.2) is 5.76 Å². The molecule has 0 amide bonds. The molecule has 0 saturated carbocycles. The van der Waals surface area contributed by atoms with Crippen LogP contribution in [0.4, 0.5) is 0 Å². The second-order valence-electron chi connectivity index (χ2n) is 4.37. The Morgan fingerprint density at radius 1 is 0.947 bits per heavy atom. The molecule has 0 bridgehead atoms. The molecule has 1 N–H and O–H groups in total. The van der Waals surface area contributed by atoms with E-state index in [1.807, 2.05) is 49.4 Å². The summed E-state index contributed by atoms with van der Waals surface area (Å²) in [7, 11) is 0. The highest BCUT2D eigenvalue weighted by Crippen LogP contribution is 2.35. The first kappa shape index (κ1) is 11.5. The first-order chi connectivity index (χ1) is 9.27. The third kappa shape index (κ3) is 1.99. The van der Waals surface area contributed by atoms with Crippen LogP contribution in [0.1, 0.15) is 5.56 Å². The maximum Gasteiger partial charge on any atom is 0.174 e. The van der Waals surface area contributed by atoms with E-state index < -0.39 is 0 Å². The standard InChI is InChI=1S/C16H13NO2/c1-11-15(12-7-3-2-4-8-12)17-19-16(11)13-9-5-6-10-14(13)18/h2-10,18H,1H3. The van der Waals surface area contributed by atoms with Gasteiger partial charge in [-0.15, -0.1) is 0 Å². The van der Waals surface area contributed by atoms with E-state index in [1.54, 1.807) is 12.1 Å². The Kier molecular flexibility index (Phi) is 2.80. The first-order valence-electron chi connectivity index (χ1n) is 6.07. The molecule has 0 spiro atoms. The highest BCUT2D eigenvalue weighted by Gasteiger charge is 2.17. The second-order valence-corrected chi connectivity index (χ2v) is 4.37. The minimum atomic E-state index is 0.196. The number of benzene rings is 2. The van der Waals surface area contributed by atoms with Crippen molar-refractivity contribution in [1.29, 1.82) is 0 Å². The summed E-state index contributed by atoms with van der Waals surface area (Å²) in [6, 6.07) is 17.0. The van der Waals surface area contributed by atoms with Crippen LogP contribution >= 0.6 is 0 Å². The minimum Gasteiger partial charge on any atom is -0.507 e. The van der Waals surface area contributed by atoms with Gasteiger partial charge in [0.2, 0.25) is 0 Å². The van der Waals surface area contributed by atoms with Gasteiger partial charge in [0.1, 0.15) is 11.4 Å². The van der Waals surface area contributed by atoms with E-state index in [-0.39, 0.29) is 5.75 Å². The predicted octanol–water partition coefficient (Wildman–Crippen LogP) is 4.02. The van der Waals surface area contributed by atoms with Crippen LogP contribution in [0.3, 0.4) is 0 Å². The molecule has 1 heterocycles. The summed E-state index contributed by atoms with van der Waals surface area (Å²) in [6.07, 6.45) is 0. The van der Waals surface area contributed by atoms with Crippen molar-refractivity contribution >= 4 is 0 Å². The highest BCUT2D eigenvalue weighted by molar-refractivity contribution is 5.75. The molecule has 3 rings (SSSR count). The Bertz CT molecular complexity index is 702. The van der Waals surface area contributed by atoms with Crippen molar-refractivity contribution in [2.75, 3.05) is 0 Å². The van der Waals surface area contributed by atoms with Crippen molar-refractivity contribution in [1.82, 2.24) is 5.16 Å². The fraction of sp³-hybridized carbons (Fsp3) is 0.0625. The van der Waals surface area contributed by atoms with Gasteiger partial charge in [0, 0.05) is 11.1 Å². The topological polar surface area (TPSA) is 46.3 Å². The molecular weight excluding hydrogens is 238 g/mol. The Hall–Kier alpha value is -2.55. The molecule has 19 heavy (non-hydrogen) atoms. The van der Waals surface area contributed by atoms with E-state index >= 15 is 0 Å². The van der Waals surface area contributed by atoms with Crippen molar-refractivity contribution in [3.8, 4) is 28.3 Å². The summed E-state index contributed by atoms with van der Waals surface area (Å²) in [4.78, 5) is 0. The van der Waals surface area contributed by atoms with Gasteiger partial charge < -0.3 is 9.63 Å². The van der Waals surface area contributed by atoms with Gasteiger partial charge in [-0.05, 0) is 19.1 Å². The van der Waals surface area contributed by atoms with Crippen molar-refractivity contribution in [2.24, 2.45) is 0 Å². The van der Waals surface area contributed by atoms with E-state index in [1.165, 1.54) is 0 Å². The number of aromatic nitrogens is 1. The molecular formula is C16H13NO2. The van der Waals surface area contributed by atoms with E-state index in [0.29, 0.717) is 11.3 Å². The molecule has 0 fully saturated rings. The molecule has 2 aromatic carbocycles. The summed E-state index contributed by atoms with van der Waals surface area (Å²) in [5.74, 6) is 0.804. The van der Waals surface area contributed by atoms with Crippen LogP contribution in [0.5, 0.6) is 5.75 Å². The normalized spacial score (nSPS) is 10.6. The zero-order valence-electron chi connectivity index (χ0n) is 10.5. The molecule has 0 unspecified atom stereocenters. The van der Waals surface area contributed by atoms with Gasteiger partial charge in [0.25, 0.3) is 0 Å². The Balaban J connectivity index is 2.12. The number of para-hydroxylation sites is 1. The molecule has 3 aromatic rings. The zero-order valence-corrected chi connectivity index (χ0v) is 10.5. The van der Waals surface area contributed by atoms with Crippen LogP contribution < -0.4 is 0 Å². The van der Waals surface area contributed by atoms with Crippen molar-refractivity contribution in [3.63, 3.8) is 0 Å². The molecule has 3 nitrogen and oxygen atoms in total. The third-order valence-electron chi connectivity index (χ3n) is 3.12. The van der Waals surface area contributed by atoms with Crippen LogP contribution in [-0.4, -0.2) is 10.3 Å². The zero-order chi connectivity index (χ0) is 13.2. The molecule has 94 valence electrons. The number of hydrogen-bond donors (Lipinski definition) is 1. The fourth-order valence-electron chi connectivity index (χ4n) is 2.12. The fourth-order valence-corrected chi connectivity index (χ4v) is 2.12. The van der Waals surface area contributed by atoms with Crippen LogP contribution in [0.15, 0.2) is 59.1 Å². The molecule has 0 saturated heterocycles. The monoisotopic (exact) mass is 251 g/mol. The van der Waals surface area contributed by atoms with E-state index in [2.05, 4.69) is 5.16 Å². The minimum absolute atomic E-state index is 0.196. The van der Waals surface area contributed by atoms with Gasteiger partial charge >= 0.3 is 0 Å². The van der Waals surface area contributed by atoms with E-state index in [4.69, 9.17) is 4.52 Å². The van der Waals surface area contributed by atoms with Crippen LogP contribution in [0.25, 0.3) is 22.6 Å². The lowest BCUT2D eigenvalue weighted by atomic mass is 10.0. The SMILES string of the molecule is Cc1c(-c2ccccc2)noc1-c1ccccc1O. The van der Waals surface area contributed by atoms with Crippen LogP contribution in [-0.2, 0) is 0 Å². The van der Waals surface area contributed by atoms with Gasteiger partial charge in [-0.3, -0.25) is 0 Å². The lowest BCUT2D eigenvalue weighted by Gasteiger charge is -2.01. The third-order valence-corrected chi connectivity index (χ3v) is 3.12.